The van der Waals surface area contributed by atoms with Gasteiger partial charge in [-0.1, -0.05) is 12.1 Å². The maximum atomic E-state index is 12.5. The van der Waals surface area contributed by atoms with Crippen LogP contribution < -0.4 is 10.1 Å². The zero-order valence-electron chi connectivity index (χ0n) is 16.1. The van der Waals surface area contributed by atoms with Gasteiger partial charge in [-0.15, -0.1) is 0 Å². The van der Waals surface area contributed by atoms with Gasteiger partial charge in [-0.25, -0.2) is 12.7 Å². The number of hydrogen-bond acceptors (Lipinski definition) is 5. The quantitative estimate of drug-likeness (QED) is 0.733. The number of rotatable bonds is 8. The van der Waals surface area contributed by atoms with Crippen LogP contribution in [0.15, 0.2) is 47.4 Å². The molecule has 0 radical (unpaired) electrons. The third-order valence-electron chi connectivity index (χ3n) is 4.01. The topological polar surface area (TPSA) is 99.5 Å². The van der Waals surface area contributed by atoms with Crippen LogP contribution in [0.3, 0.4) is 0 Å². The van der Waals surface area contributed by atoms with Crippen LogP contribution in [0.5, 0.6) is 5.75 Å². The maximum Gasteiger partial charge on any atom is 0.246 e. The highest BCUT2D eigenvalue weighted by molar-refractivity contribution is 7.89. The van der Waals surface area contributed by atoms with Crippen molar-refractivity contribution in [1.29, 1.82) is 5.26 Å². The van der Waals surface area contributed by atoms with Crippen molar-refractivity contribution >= 4 is 21.6 Å². The van der Waals surface area contributed by atoms with Gasteiger partial charge in [-0.3, -0.25) is 4.79 Å². The lowest BCUT2D eigenvalue weighted by Crippen LogP contribution is -2.23. The van der Waals surface area contributed by atoms with Crippen molar-refractivity contribution in [2.24, 2.45) is 0 Å². The molecule has 2 aromatic rings. The lowest BCUT2D eigenvalue weighted by molar-refractivity contribution is -0.116. The molecule has 0 fully saturated rings. The summed E-state index contributed by atoms with van der Waals surface area (Å²) in [6, 6.07) is 13.6. The van der Waals surface area contributed by atoms with Crippen LogP contribution in [0, 0.1) is 11.3 Å². The Morgan fingerprint density at radius 1 is 1.18 bits per heavy atom. The predicted molar refractivity (Wildman–Crippen MR) is 107 cm³/mol. The molecule has 148 valence electrons. The van der Waals surface area contributed by atoms with Crippen molar-refractivity contribution in [3.63, 3.8) is 0 Å². The van der Waals surface area contributed by atoms with Crippen molar-refractivity contribution in [1.82, 2.24) is 4.31 Å². The molecule has 0 saturated carbocycles. The minimum absolute atomic E-state index is 0.00393. The Balaban J connectivity index is 2.12. The Morgan fingerprint density at radius 2 is 1.86 bits per heavy atom. The van der Waals surface area contributed by atoms with E-state index in [2.05, 4.69) is 5.32 Å². The molecule has 0 aliphatic heterocycles. The average Bonchev–Trinajstić information content (AvgIpc) is 2.68. The number of amides is 1. The van der Waals surface area contributed by atoms with Crippen molar-refractivity contribution in [3.8, 4) is 11.8 Å². The highest BCUT2D eigenvalue weighted by Crippen LogP contribution is 2.29. The first-order valence-electron chi connectivity index (χ1n) is 8.76. The van der Waals surface area contributed by atoms with Gasteiger partial charge in [0.05, 0.1) is 18.2 Å². The molecular formula is C20H23N3O4S. The van der Waals surface area contributed by atoms with Gasteiger partial charge in [0.25, 0.3) is 0 Å². The van der Waals surface area contributed by atoms with Gasteiger partial charge in [0.15, 0.2) is 0 Å². The Morgan fingerprint density at radius 3 is 2.43 bits per heavy atom. The number of anilines is 1. The number of nitrogens with zero attached hydrogens (tertiary/aromatic N) is 2. The number of hydrogen-bond donors (Lipinski definition) is 1. The minimum Gasteiger partial charge on any atom is -0.492 e. The molecule has 0 aromatic heterocycles. The number of benzene rings is 2. The largest absolute Gasteiger partial charge is 0.492 e. The summed E-state index contributed by atoms with van der Waals surface area (Å²) in [5, 5.41) is 11.5. The van der Waals surface area contributed by atoms with E-state index >= 15 is 0 Å². The molecule has 8 heteroatoms. The van der Waals surface area contributed by atoms with Crippen molar-refractivity contribution in [2.45, 2.75) is 24.7 Å². The molecule has 1 N–H and O–H groups in total. The van der Waals surface area contributed by atoms with Gasteiger partial charge < -0.3 is 10.1 Å². The van der Waals surface area contributed by atoms with Gasteiger partial charge in [-0.05, 0) is 49.2 Å². The van der Waals surface area contributed by atoms with E-state index in [1.165, 1.54) is 26.2 Å². The smallest absolute Gasteiger partial charge is 0.246 e. The Bertz CT molecular complexity index is 978. The zero-order chi connectivity index (χ0) is 20.7. The molecule has 0 aliphatic rings. The second kappa shape index (κ2) is 9.35. The predicted octanol–water partition coefficient (Wildman–Crippen LogP) is 2.78. The van der Waals surface area contributed by atoms with Crippen molar-refractivity contribution in [2.75, 3.05) is 26.0 Å². The molecule has 2 rings (SSSR count). The normalized spacial score (nSPS) is 11.1. The Hall–Kier alpha value is -2.89. The summed E-state index contributed by atoms with van der Waals surface area (Å²) >= 11 is 0. The first-order valence-corrected chi connectivity index (χ1v) is 10.2. The van der Waals surface area contributed by atoms with E-state index in [0.717, 1.165) is 9.87 Å². The van der Waals surface area contributed by atoms with Gasteiger partial charge in [0, 0.05) is 26.2 Å². The zero-order valence-corrected chi connectivity index (χ0v) is 16.9. The van der Waals surface area contributed by atoms with Crippen LogP contribution in [-0.2, 0) is 21.2 Å². The fourth-order valence-electron chi connectivity index (χ4n) is 2.49. The summed E-state index contributed by atoms with van der Waals surface area (Å²) in [6.45, 7) is 2.09. The lowest BCUT2D eigenvalue weighted by Gasteiger charge is -2.16. The highest BCUT2D eigenvalue weighted by atomic mass is 32.2. The second-order valence-electron chi connectivity index (χ2n) is 6.24. The van der Waals surface area contributed by atoms with Crippen molar-refractivity contribution in [3.05, 3.63) is 53.6 Å². The van der Waals surface area contributed by atoms with Gasteiger partial charge in [0.2, 0.25) is 15.9 Å². The third kappa shape index (κ3) is 5.31. The van der Waals surface area contributed by atoms with E-state index < -0.39 is 10.0 Å². The molecular weight excluding hydrogens is 378 g/mol. The number of ether oxygens (including phenoxy) is 1. The average molecular weight is 401 g/mol. The molecule has 0 spiro atoms. The van der Waals surface area contributed by atoms with E-state index in [1.807, 2.05) is 18.2 Å². The molecule has 7 nitrogen and oxygen atoms in total. The summed E-state index contributed by atoms with van der Waals surface area (Å²) in [5.41, 5.74) is 1.89. The summed E-state index contributed by atoms with van der Waals surface area (Å²) in [7, 11) is -0.842. The summed E-state index contributed by atoms with van der Waals surface area (Å²) in [6.07, 6.45) is 0.742. The summed E-state index contributed by atoms with van der Waals surface area (Å²) in [4.78, 5) is 12.3. The van der Waals surface area contributed by atoms with Crippen LogP contribution in [0.4, 0.5) is 5.69 Å². The monoisotopic (exact) mass is 401 g/mol. The Kier molecular flexibility index (Phi) is 7.15. The number of carbonyl (C=O) groups excluding carboxylic acids is 1. The molecule has 28 heavy (non-hydrogen) atoms. The highest BCUT2D eigenvalue weighted by Gasteiger charge is 2.23. The van der Waals surface area contributed by atoms with Crippen LogP contribution in [0.25, 0.3) is 0 Å². The van der Waals surface area contributed by atoms with Crippen LogP contribution in [0.1, 0.15) is 24.5 Å². The van der Waals surface area contributed by atoms with Crippen LogP contribution >= 0.6 is 0 Å². The fraction of sp³-hybridized carbons (Fsp3) is 0.300. The van der Waals surface area contributed by atoms with Gasteiger partial charge in [0.1, 0.15) is 10.6 Å². The standard InChI is InChI=1S/C20H23N3O4S/c1-4-27-18-11-10-17(13-19(18)28(25,26)23(2)3)22-20(24)12-9-15-5-7-16(14-21)8-6-15/h5-8,10-11,13H,4,9,12H2,1-3H3,(H,22,24). The number of sulfonamides is 1. The Labute approximate surface area is 165 Å². The molecule has 2 aromatic carbocycles. The lowest BCUT2D eigenvalue weighted by atomic mass is 10.1. The molecule has 1 amide bonds. The van der Waals surface area contributed by atoms with E-state index in [-0.39, 0.29) is 23.0 Å². The summed E-state index contributed by atoms with van der Waals surface area (Å²) < 4.78 is 31.6. The van der Waals surface area contributed by atoms with Gasteiger partial charge in [-0.2, -0.15) is 5.26 Å². The number of nitriles is 1. The summed E-state index contributed by atoms with van der Waals surface area (Å²) in [5.74, 6) is 0.00787. The molecule has 0 aliphatic carbocycles. The molecule has 0 atom stereocenters. The molecule has 0 saturated heterocycles. The fourth-order valence-corrected chi connectivity index (χ4v) is 3.54. The third-order valence-corrected chi connectivity index (χ3v) is 5.85. The van der Waals surface area contributed by atoms with E-state index in [9.17, 15) is 13.2 Å². The maximum absolute atomic E-state index is 12.5. The van der Waals surface area contributed by atoms with E-state index in [0.29, 0.717) is 24.3 Å². The molecule has 0 heterocycles. The number of aryl methyl sites for hydroxylation is 1. The second-order valence-corrected chi connectivity index (χ2v) is 8.36. The van der Waals surface area contributed by atoms with Crippen molar-refractivity contribution < 1.29 is 17.9 Å². The van der Waals surface area contributed by atoms with Crippen LogP contribution in [0.2, 0.25) is 0 Å². The van der Waals surface area contributed by atoms with Crippen LogP contribution in [-0.4, -0.2) is 39.3 Å². The van der Waals surface area contributed by atoms with E-state index in [1.54, 1.807) is 25.1 Å². The SMILES string of the molecule is CCOc1ccc(NC(=O)CCc2ccc(C#N)cc2)cc1S(=O)(=O)N(C)C. The molecule has 0 bridgehead atoms. The first-order chi connectivity index (χ1) is 13.3. The van der Waals surface area contributed by atoms with Gasteiger partial charge >= 0.3 is 0 Å². The minimum atomic E-state index is -3.72. The molecule has 0 unspecified atom stereocenters. The first kappa shape index (κ1) is 21.4. The van der Waals surface area contributed by atoms with E-state index in [4.69, 9.17) is 10.00 Å². The number of nitrogens with one attached hydrogen (secondary N) is 1. The number of carbonyl (C=O) groups is 1.